The normalized spacial score (nSPS) is 12.2. The fraction of sp³-hybridized carbons (Fsp3) is 0.154. The summed E-state index contributed by atoms with van der Waals surface area (Å²) in [5.74, 6) is 0.614. The van der Waals surface area contributed by atoms with Crippen molar-refractivity contribution in [1.82, 2.24) is 44.2 Å². The third kappa shape index (κ3) is 3.97. The minimum absolute atomic E-state index is 0.175. The fourth-order valence-corrected chi connectivity index (χ4v) is 4.50. The molecule has 1 unspecified atom stereocenters. The van der Waals surface area contributed by atoms with Gasteiger partial charge in [-0.1, -0.05) is 18.2 Å². The molecule has 0 saturated heterocycles. The van der Waals surface area contributed by atoms with Gasteiger partial charge in [0.05, 0.1) is 22.7 Å². The van der Waals surface area contributed by atoms with Gasteiger partial charge < -0.3 is 15.6 Å². The van der Waals surface area contributed by atoms with Crippen molar-refractivity contribution in [2.75, 3.05) is 5.32 Å². The van der Waals surface area contributed by atoms with Gasteiger partial charge in [0.15, 0.2) is 5.82 Å². The van der Waals surface area contributed by atoms with Gasteiger partial charge in [-0.05, 0) is 43.7 Å². The summed E-state index contributed by atoms with van der Waals surface area (Å²) in [6, 6.07) is 12.6. The number of para-hydroxylation sites is 1. The average molecular weight is 509 g/mol. The number of hydrogen-bond acceptors (Lipinski definition) is 7. The van der Waals surface area contributed by atoms with Crippen LogP contribution in [0.2, 0.25) is 0 Å². The highest BCUT2D eigenvalue weighted by Crippen LogP contribution is 2.27. The van der Waals surface area contributed by atoms with Crippen LogP contribution in [0.3, 0.4) is 0 Å². The maximum Gasteiger partial charge on any atom is 0.282 e. The van der Waals surface area contributed by atoms with E-state index in [-0.39, 0.29) is 18.1 Å². The third-order valence-electron chi connectivity index (χ3n) is 6.34. The van der Waals surface area contributed by atoms with Crippen molar-refractivity contribution >= 4 is 28.3 Å². The summed E-state index contributed by atoms with van der Waals surface area (Å²) in [5.41, 5.74) is 2.76. The van der Waals surface area contributed by atoms with Crippen molar-refractivity contribution in [3.05, 3.63) is 101 Å². The molecule has 3 N–H and O–H groups in total. The molecule has 0 fully saturated rings. The molecule has 0 radical (unpaired) electrons. The van der Waals surface area contributed by atoms with Crippen LogP contribution < -0.4 is 16.2 Å². The molecular formula is C26H24N10O2. The molecule has 38 heavy (non-hydrogen) atoms. The smallest absolute Gasteiger partial charge is 0.282 e. The molecule has 0 aliphatic carbocycles. The number of aryl methyl sites for hydroxylation is 1. The number of nitrogens with one attached hydrogen (secondary N) is 3. The van der Waals surface area contributed by atoms with Gasteiger partial charge in [0.1, 0.15) is 30.0 Å². The van der Waals surface area contributed by atoms with E-state index < -0.39 is 6.04 Å². The maximum atomic E-state index is 13.7. The van der Waals surface area contributed by atoms with Gasteiger partial charge in [-0.2, -0.15) is 10.2 Å². The Morgan fingerprint density at radius 2 is 1.95 bits per heavy atom. The van der Waals surface area contributed by atoms with Crippen molar-refractivity contribution in [3.63, 3.8) is 0 Å². The number of aromatic nitrogens is 8. The predicted octanol–water partition coefficient (Wildman–Crippen LogP) is 2.82. The zero-order valence-electron chi connectivity index (χ0n) is 20.7. The molecule has 5 heterocycles. The molecule has 0 spiro atoms. The summed E-state index contributed by atoms with van der Waals surface area (Å²) in [4.78, 5) is 38.4. The van der Waals surface area contributed by atoms with E-state index in [4.69, 9.17) is 5.10 Å². The van der Waals surface area contributed by atoms with Gasteiger partial charge in [-0.15, -0.1) is 0 Å². The second-order valence-corrected chi connectivity index (χ2v) is 8.85. The Bertz CT molecular complexity index is 1820. The monoisotopic (exact) mass is 508 g/mol. The lowest BCUT2D eigenvalue weighted by molar-refractivity contribution is 0.0941. The van der Waals surface area contributed by atoms with Crippen molar-refractivity contribution in [2.45, 2.75) is 26.6 Å². The largest absolute Gasteiger partial charge is 0.360 e. The molecular weight excluding hydrogens is 484 g/mol. The molecule has 6 rings (SSSR count). The molecule has 0 aliphatic rings. The first-order valence-corrected chi connectivity index (χ1v) is 12.0. The molecule has 6 aromatic rings. The molecule has 1 atom stereocenters. The number of anilines is 1. The van der Waals surface area contributed by atoms with E-state index in [9.17, 15) is 9.59 Å². The second kappa shape index (κ2) is 9.32. The molecule has 12 heteroatoms. The molecule has 0 bridgehead atoms. The molecule has 1 amide bonds. The van der Waals surface area contributed by atoms with Crippen molar-refractivity contribution in [2.24, 2.45) is 0 Å². The Kier molecular flexibility index (Phi) is 5.68. The van der Waals surface area contributed by atoms with Gasteiger partial charge in [0.25, 0.3) is 11.5 Å². The number of nitrogens with zero attached hydrogens (tertiary/aromatic N) is 7. The van der Waals surface area contributed by atoms with Crippen LogP contribution in [-0.2, 0) is 6.67 Å². The Morgan fingerprint density at radius 1 is 1.11 bits per heavy atom. The number of amides is 1. The standard InChI is InChI=1S/C26H24N10O2/c1-16-9-12-35-21(16)26(38)36(18-7-4-3-5-8-18)24(33-35)17(2)32-23-20-19(13-27-22(20)28-14-29-23)25(37)30-15-34-11-6-10-31-34/h3-14,17H,15H2,1-2H3,(H,30,37)(H2,27,28,29,32). The Hall–Kier alpha value is -5.26. The van der Waals surface area contributed by atoms with E-state index in [0.29, 0.717) is 39.4 Å². The fourth-order valence-electron chi connectivity index (χ4n) is 4.50. The summed E-state index contributed by atoms with van der Waals surface area (Å²) in [6.07, 6.45) is 8.19. The first-order valence-electron chi connectivity index (χ1n) is 12.0. The van der Waals surface area contributed by atoms with Gasteiger partial charge in [0, 0.05) is 24.8 Å². The number of H-pyrrole nitrogens is 1. The van der Waals surface area contributed by atoms with Gasteiger partial charge in [-0.3, -0.25) is 18.8 Å². The lowest BCUT2D eigenvalue weighted by Gasteiger charge is -2.20. The molecule has 190 valence electrons. The SMILES string of the molecule is Cc1ccn2nc(C(C)Nc3ncnc4[nH]cc(C(=O)NCn5cccn5)c34)n(-c3ccccc3)c(=O)c12. The van der Waals surface area contributed by atoms with Crippen LogP contribution >= 0.6 is 0 Å². The topological polar surface area (TPSA) is 140 Å². The zero-order chi connectivity index (χ0) is 26.2. The molecule has 5 aromatic heterocycles. The molecule has 1 aromatic carbocycles. The minimum atomic E-state index is -0.469. The van der Waals surface area contributed by atoms with Crippen LogP contribution in [-0.4, -0.2) is 44.8 Å². The molecule has 0 saturated carbocycles. The van der Waals surface area contributed by atoms with Gasteiger partial charge >= 0.3 is 0 Å². The number of aromatic amines is 1. The highest BCUT2D eigenvalue weighted by atomic mass is 16.2. The van der Waals surface area contributed by atoms with E-state index >= 15 is 0 Å². The number of hydrogen-bond donors (Lipinski definition) is 3. The third-order valence-corrected chi connectivity index (χ3v) is 6.34. The lowest BCUT2D eigenvalue weighted by Crippen LogP contribution is -2.29. The van der Waals surface area contributed by atoms with Crippen molar-refractivity contribution < 1.29 is 4.79 Å². The van der Waals surface area contributed by atoms with Crippen LogP contribution in [0.1, 0.15) is 34.7 Å². The lowest BCUT2D eigenvalue weighted by atomic mass is 10.2. The highest BCUT2D eigenvalue weighted by Gasteiger charge is 2.23. The number of rotatable bonds is 7. The maximum absolute atomic E-state index is 13.7. The summed E-state index contributed by atoms with van der Waals surface area (Å²) in [6.45, 7) is 3.99. The minimum Gasteiger partial charge on any atom is -0.360 e. The second-order valence-electron chi connectivity index (χ2n) is 8.85. The average Bonchev–Trinajstić information content (AvgIpc) is 3.68. The summed E-state index contributed by atoms with van der Waals surface area (Å²) in [5, 5.41) is 15.6. The number of carbonyl (C=O) groups is 1. The number of carbonyl (C=O) groups excluding carboxylic acids is 1. The zero-order valence-corrected chi connectivity index (χ0v) is 20.7. The quantitative estimate of drug-likeness (QED) is 0.301. The van der Waals surface area contributed by atoms with E-state index in [0.717, 1.165) is 5.56 Å². The van der Waals surface area contributed by atoms with Crippen LogP contribution in [0.5, 0.6) is 0 Å². The van der Waals surface area contributed by atoms with Crippen LogP contribution in [0, 0.1) is 6.92 Å². The Morgan fingerprint density at radius 3 is 2.74 bits per heavy atom. The van der Waals surface area contributed by atoms with Crippen LogP contribution in [0.15, 0.2) is 78.4 Å². The Labute approximate surface area is 216 Å². The highest BCUT2D eigenvalue weighted by molar-refractivity contribution is 6.09. The van der Waals surface area contributed by atoms with E-state index in [1.165, 1.54) is 6.33 Å². The summed E-state index contributed by atoms with van der Waals surface area (Å²) in [7, 11) is 0. The van der Waals surface area contributed by atoms with Crippen molar-refractivity contribution in [1.29, 1.82) is 0 Å². The Balaban J connectivity index is 1.40. The van der Waals surface area contributed by atoms with E-state index in [1.54, 1.807) is 44.6 Å². The predicted molar refractivity (Wildman–Crippen MR) is 141 cm³/mol. The first kappa shape index (κ1) is 23.2. The van der Waals surface area contributed by atoms with Crippen molar-refractivity contribution in [3.8, 4) is 5.69 Å². The van der Waals surface area contributed by atoms with Gasteiger partial charge in [0.2, 0.25) is 0 Å². The van der Waals surface area contributed by atoms with Crippen LogP contribution in [0.4, 0.5) is 5.82 Å². The van der Waals surface area contributed by atoms with E-state index in [2.05, 4.69) is 30.7 Å². The van der Waals surface area contributed by atoms with Gasteiger partial charge in [-0.25, -0.2) is 14.5 Å². The molecule has 0 aliphatic heterocycles. The number of benzene rings is 1. The first-order chi connectivity index (χ1) is 18.5. The van der Waals surface area contributed by atoms with E-state index in [1.807, 2.05) is 50.2 Å². The number of fused-ring (bicyclic) bond motifs is 2. The summed E-state index contributed by atoms with van der Waals surface area (Å²) < 4.78 is 4.82. The van der Waals surface area contributed by atoms with Crippen LogP contribution in [0.25, 0.3) is 22.2 Å². The molecule has 12 nitrogen and oxygen atoms in total. The summed E-state index contributed by atoms with van der Waals surface area (Å²) >= 11 is 0.